The molecule has 0 amide bonds. The van der Waals surface area contributed by atoms with Gasteiger partial charge in [0.1, 0.15) is 5.60 Å². The van der Waals surface area contributed by atoms with Gasteiger partial charge in [0.15, 0.2) is 0 Å². The monoisotopic (exact) mass is 234 g/mol. The molecule has 17 heavy (non-hydrogen) atoms. The lowest BCUT2D eigenvalue weighted by atomic mass is 9.86. The Labute approximate surface area is 103 Å². The zero-order valence-corrected chi connectivity index (χ0v) is 10.7. The summed E-state index contributed by atoms with van der Waals surface area (Å²) >= 11 is 0. The zero-order chi connectivity index (χ0) is 11.9. The molecule has 3 atom stereocenters. The van der Waals surface area contributed by atoms with Crippen LogP contribution in [-0.4, -0.2) is 11.6 Å². The average Bonchev–Trinajstić information content (AvgIpc) is 2.91. The Balaban J connectivity index is 1.61. The fourth-order valence-electron chi connectivity index (χ4n) is 3.77. The van der Waals surface area contributed by atoms with Gasteiger partial charge in [0.25, 0.3) is 0 Å². The van der Waals surface area contributed by atoms with Crippen molar-refractivity contribution >= 4 is 5.97 Å². The minimum atomic E-state index is -0.166. The number of allylic oxidation sites excluding steroid dienone is 2. The largest absolute Gasteiger partial charge is 0.459 e. The second-order valence-electron chi connectivity index (χ2n) is 6.32. The van der Waals surface area contributed by atoms with E-state index >= 15 is 0 Å². The van der Waals surface area contributed by atoms with E-state index in [0.29, 0.717) is 11.8 Å². The minimum absolute atomic E-state index is 0.0752. The van der Waals surface area contributed by atoms with E-state index in [1.165, 1.54) is 25.7 Å². The fourth-order valence-corrected chi connectivity index (χ4v) is 3.77. The van der Waals surface area contributed by atoms with Crippen molar-refractivity contribution in [2.75, 3.05) is 0 Å². The topological polar surface area (TPSA) is 26.3 Å². The second kappa shape index (κ2) is 4.15. The van der Waals surface area contributed by atoms with Crippen molar-refractivity contribution in [3.05, 3.63) is 12.2 Å². The molecule has 3 unspecified atom stereocenters. The zero-order valence-electron chi connectivity index (χ0n) is 10.7. The molecule has 2 nitrogen and oxygen atoms in total. The number of carbonyl (C=O) groups is 1. The van der Waals surface area contributed by atoms with Crippen molar-refractivity contribution in [2.45, 2.75) is 57.5 Å². The molecule has 2 heteroatoms. The number of hydrogen-bond donors (Lipinski definition) is 0. The maximum atomic E-state index is 12.3. The van der Waals surface area contributed by atoms with E-state index < -0.39 is 0 Å². The van der Waals surface area contributed by atoms with Gasteiger partial charge >= 0.3 is 5.97 Å². The van der Waals surface area contributed by atoms with Gasteiger partial charge in [-0.2, -0.15) is 0 Å². The van der Waals surface area contributed by atoms with Gasteiger partial charge in [-0.05, 0) is 57.3 Å². The molecule has 0 saturated heterocycles. The maximum absolute atomic E-state index is 12.3. The van der Waals surface area contributed by atoms with Crippen LogP contribution < -0.4 is 0 Å². The molecule has 0 radical (unpaired) electrons. The normalized spacial score (nSPS) is 38.3. The van der Waals surface area contributed by atoms with E-state index in [0.717, 1.165) is 19.3 Å². The summed E-state index contributed by atoms with van der Waals surface area (Å²) in [6.07, 6.45) is 12.5. The molecule has 0 aromatic carbocycles. The molecule has 3 aliphatic carbocycles. The van der Waals surface area contributed by atoms with Gasteiger partial charge in [0.05, 0.1) is 5.92 Å². The van der Waals surface area contributed by atoms with Crippen LogP contribution in [0.1, 0.15) is 51.9 Å². The average molecular weight is 234 g/mol. The Morgan fingerprint density at radius 1 is 1.18 bits per heavy atom. The van der Waals surface area contributed by atoms with Gasteiger partial charge in [0, 0.05) is 0 Å². The summed E-state index contributed by atoms with van der Waals surface area (Å²) in [6, 6.07) is 0. The van der Waals surface area contributed by atoms with Crippen molar-refractivity contribution in [2.24, 2.45) is 17.8 Å². The van der Waals surface area contributed by atoms with Crippen LogP contribution in [0.2, 0.25) is 0 Å². The van der Waals surface area contributed by atoms with E-state index in [-0.39, 0.29) is 17.5 Å². The molecule has 0 aromatic rings. The predicted molar refractivity (Wildman–Crippen MR) is 66.4 cm³/mol. The lowest BCUT2D eigenvalue weighted by molar-refractivity contribution is -0.167. The van der Waals surface area contributed by atoms with E-state index in [2.05, 4.69) is 19.1 Å². The minimum Gasteiger partial charge on any atom is -0.459 e. The summed E-state index contributed by atoms with van der Waals surface area (Å²) < 4.78 is 5.84. The van der Waals surface area contributed by atoms with E-state index in [9.17, 15) is 4.79 Å². The smallest absolute Gasteiger partial charge is 0.310 e. The van der Waals surface area contributed by atoms with Gasteiger partial charge < -0.3 is 4.74 Å². The molecule has 3 aliphatic rings. The molecule has 0 aromatic heterocycles. The quantitative estimate of drug-likeness (QED) is 0.540. The number of ether oxygens (including phenoxy) is 1. The molecule has 3 rings (SSSR count). The number of esters is 1. The Morgan fingerprint density at radius 2 is 1.94 bits per heavy atom. The van der Waals surface area contributed by atoms with Crippen molar-refractivity contribution in [1.29, 1.82) is 0 Å². The first-order valence-corrected chi connectivity index (χ1v) is 7.07. The van der Waals surface area contributed by atoms with Gasteiger partial charge in [-0.3, -0.25) is 4.79 Å². The standard InChI is InChI=1S/C15H22O2/c1-15(7-3-2-4-8-15)17-14(16)13-10-11-5-6-12(13)9-11/h5-6,11-13H,2-4,7-10H2,1H3. The number of rotatable bonds is 2. The van der Waals surface area contributed by atoms with Crippen LogP contribution >= 0.6 is 0 Å². The lowest BCUT2D eigenvalue weighted by Gasteiger charge is -2.34. The summed E-state index contributed by atoms with van der Waals surface area (Å²) in [4.78, 5) is 12.3. The SMILES string of the molecule is CC1(OC(=O)C2CC3C=CC2C3)CCCCC1. The van der Waals surface area contributed by atoms with Crippen LogP contribution in [0, 0.1) is 17.8 Å². The van der Waals surface area contributed by atoms with Crippen LogP contribution in [0.15, 0.2) is 12.2 Å². The number of carbonyl (C=O) groups excluding carboxylic acids is 1. The first-order valence-electron chi connectivity index (χ1n) is 7.07. The Morgan fingerprint density at radius 3 is 2.53 bits per heavy atom. The highest BCUT2D eigenvalue weighted by Crippen LogP contribution is 2.45. The summed E-state index contributed by atoms with van der Waals surface area (Å²) in [5.41, 5.74) is -0.166. The van der Waals surface area contributed by atoms with E-state index in [1.54, 1.807) is 0 Å². The highest BCUT2D eigenvalue weighted by Gasteiger charge is 2.43. The summed E-state index contributed by atoms with van der Waals surface area (Å²) in [5, 5.41) is 0. The van der Waals surface area contributed by atoms with Gasteiger partial charge in [-0.1, -0.05) is 18.6 Å². The first kappa shape index (κ1) is 11.3. The fraction of sp³-hybridized carbons (Fsp3) is 0.800. The van der Waals surface area contributed by atoms with Crippen molar-refractivity contribution < 1.29 is 9.53 Å². The predicted octanol–water partition coefficient (Wildman–Crippen LogP) is 3.46. The summed E-state index contributed by atoms with van der Waals surface area (Å²) in [5.74, 6) is 1.35. The maximum Gasteiger partial charge on any atom is 0.310 e. The van der Waals surface area contributed by atoms with Crippen LogP contribution in [-0.2, 0) is 9.53 Å². The molecule has 0 spiro atoms. The Hall–Kier alpha value is -0.790. The van der Waals surface area contributed by atoms with Crippen LogP contribution in [0.3, 0.4) is 0 Å². The molecule has 2 bridgehead atoms. The van der Waals surface area contributed by atoms with Gasteiger partial charge in [0.2, 0.25) is 0 Å². The lowest BCUT2D eigenvalue weighted by Crippen LogP contribution is -2.37. The van der Waals surface area contributed by atoms with Crippen molar-refractivity contribution in [3.8, 4) is 0 Å². The van der Waals surface area contributed by atoms with Crippen LogP contribution in [0.4, 0.5) is 0 Å². The molecule has 0 N–H and O–H groups in total. The summed E-state index contributed by atoms with van der Waals surface area (Å²) in [6.45, 7) is 2.12. The highest BCUT2D eigenvalue weighted by atomic mass is 16.6. The molecule has 0 heterocycles. The molecule has 2 saturated carbocycles. The molecular weight excluding hydrogens is 212 g/mol. The van der Waals surface area contributed by atoms with E-state index in [4.69, 9.17) is 4.74 Å². The first-order chi connectivity index (χ1) is 8.16. The van der Waals surface area contributed by atoms with Gasteiger partial charge in [-0.15, -0.1) is 0 Å². The molecule has 0 aliphatic heterocycles. The van der Waals surface area contributed by atoms with E-state index in [1.807, 2.05) is 0 Å². The third kappa shape index (κ3) is 2.14. The Bertz CT molecular complexity index is 339. The molecule has 2 fully saturated rings. The number of fused-ring (bicyclic) bond motifs is 2. The van der Waals surface area contributed by atoms with Crippen LogP contribution in [0.5, 0.6) is 0 Å². The molecular formula is C15H22O2. The van der Waals surface area contributed by atoms with Gasteiger partial charge in [-0.25, -0.2) is 0 Å². The second-order valence-corrected chi connectivity index (χ2v) is 6.32. The third-order valence-corrected chi connectivity index (χ3v) is 4.84. The van der Waals surface area contributed by atoms with Crippen molar-refractivity contribution in [3.63, 3.8) is 0 Å². The molecule has 94 valence electrons. The Kier molecular flexibility index (Phi) is 2.76. The van der Waals surface area contributed by atoms with Crippen molar-refractivity contribution in [1.82, 2.24) is 0 Å². The summed E-state index contributed by atoms with van der Waals surface area (Å²) in [7, 11) is 0. The highest BCUT2D eigenvalue weighted by molar-refractivity contribution is 5.74. The van der Waals surface area contributed by atoms with Crippen LogP contribution in [0.25, 0.3) is 0 Å². The number of hydrogen-bond acceptors (Lipinski definition) is 2. The third-order valence-electron chi connectivity index (χ3n) is 4.84.